The van der Waals surface area contributed by atoms with Gasteiger partial charge in [0.25, 0.3) is 5.91 Å². The molecule has 0 atom stereocenters. The van der Waals surface area contributed by atoms with Crippen LogP contribution in [0.4, 0.5) is 10.2 Å². The summed E-state index contributed by atoms with van der Waals surface area (Å²) in [5.41, 5.74) is 2.19. The fourth-order valence-corrected chi connectivity index (χ4v) is 3.90. The highest BCUT2D eigenvalue weighted by molar-refractivity contribution is 7.13. The SMILES string of the molecule is O=C(Nc1ccn(Cc2ccccc2F)n1)c1cnn2c(-c3cccs3)ccnc12. The third-order valence-corrected chi connectivity index (χ3v) is 5.48. The van der Waals surface area contributed by atoms with Crippen molar-refractivity contribution < 1.29 is 9.18 Å². The molecule has 0 bridgehead atoms. The summed E-state index contributed by atoms with van der Waals surface area (Å²) in [4.78, 5) is 18.2. The van der Waals surface area contributed by atoms with Gasteiger partial charge in [0.2, 0.25) is 0 Å². The molecule has 0 spiro atoms. The molecule has 5 aromatic rings. The molecule has 9 heteroatoms. The monoisotopic (exact) mass is 418 g/mol. The predicted molar refractivity (Wildman–Crippen MR) is 112 cm³/mol. The maximum atomic E-state index is 13.8. The van der Waals surface area contributed by atoms with Gasteiger partial charge in [-0.3, -0.25) is 9.48 Å². The lowest BCUT2D eigenvalue weighted by Crippen LogP contribution is -2.13. The summed E-state index contributed by atoms with van der Waals surface area (Å²) in [7, 11) is 0. The molecular formula is C21H15FN6OS. The third kappa shape index (κ3) is 3.35. The van der Waals surface area contributed by atoms with Gasteiger partial charge in [0, 0.05) is 24.0 Å². The van der Waals surface area contributed by atoms with E-state index in [1.54, 1.807) is 57.2 Å². The lowest BCUT2D eigenvalue weighted by molar-refractivity contribution is 0.102. The number of amides is 1. The van der Waals surface area contributed by atoms with Crippen LogP contribution in [0.15, 0.2) is 72.5 Å². The molecule has 1 amide bonds. The van der Waals surface area contributed by atoms with Crippen molar-refractivity contribution in [2.45, 2.75) is 6.54 Å². The molecule has 7 nitrogen and oxygen atoms in total. The van der Waals surface area contributed by atoms with Crippen LogP contribution in [-0.4, -0.2) is 30.3 Å². The normalized spacial score (nSPS) is 11.1. The average molecular weight is 418 g/mol. The van der Waals surface area contributed by atoms with Crippen LogP contribution in [-0.2, 0) is 6.54 Å². The van der Waals surface area contributed by atoms with Crippen molar-refractivity contribution in [1.29, 1.82) is 0 Å². The fraction of sp³-hybridized carbons (Fsp3) is 0.0476. The molecule has 0 radical (unpaired) electrons. The van der Waals surface area contributed by atoms with E-state index in [-0.39, 0.29) is 18.3 Å². The quantitative estimate of drug-likeness (QED) is 0.466. The van der Waals surface area contributed by atoms with E-state index in [0.29, 0.717) is 22.6 Å². The number of fused-ring (bicyclic) bond motifs is 1. The summed E-state index contributed by atoms with van der Waals surface area (Å²) in [6.07, 6.45) is 4.84. The van der Waals surface area contributed by atoms with Crippen LogP contribution in [0.25, 0.3) is 16.2 Å². The van der Waals surface area contributed by atoms with Crippen LogP contribution < -0.4 is 5.32 Å². The fourth-order valence-electron chi connectivity index (χ4n) is 3.16. The van der Waals surface area contributed by atoms with Gasteiger partial charge >= 0.3 is 0 Å². The second-order valence-electron chi connectivity index (χ2n) is 6.55. The zero-order chi connectivity index (χ0) is 20.5. The molecule has 0 aliphatic rings. The highest BCUT2D eigenvalue weighted by atomic mass is 32.1. The van der Waals surface area contributed by atoms with Crippen LogP contribution in [0.3, 0.4) is 0 Å². The van der Waals surface area contributed by atoms with Crippen molar-refractivity contribution in [3.63, 3.8) is 0 Å². The number of hydrogen-bond donors (Lipinski definition) is 1. The molecule has 0 saturated carbocycles. The summed E-state index contributed by atoms with van der Waals surface area (Å²) in [5.74, 6) is -0.292. The second kappa shape index (κ2) is 7.53. The minimum absolute atomic E-state index is 0.269. The zero-order valence-corrected chi connectivity index (χ0v) is 16.4. The van der Waals surface area contributed by atoms with Gasteiger partial charge in [0.05, 0.1) is 23.3 Å². The lowest BCUT2D eigenvalue weighted by Gasteiger charge is -2.04. The van der Waals surface area contributed by atoms with Gasteiger partial charge in [-0.15, -0.1) is 11.3 Å². The first-order chi connectivity index (χ1) is 14.7. The molecule has 1 aromatic carbocycles. The molecule has 0 unspecified atom stereocenters. The number of nitrogens with one attached hydrogen (secondary N) is 1. The molecule has 1 N–H and O–H groups in total. The summed E-state index contributed by atoms with van der Waals surface area (Å²) in [5, 5.41) is 13.4. The third-order valence-electron chi connectivity index (χ3n) is 4.59. The number of halogens is 1. The molecule has 4 aromatic heterocycles. The van der Waals surface area contributed by atoms with Crippen LogP contribution in [0, 0.1) is 5.82 Å². The molecule has 30 heavy (non-hydrogen) atoms. The van der Waals surface area contributed by atoms with Crippen LogP contribution in [0.5, 0.6) is 0 Å². The number of carbonyl (C=O) groups excluding carboxylic acids is 1. The number of benzene rings is 1. The van der Waals surface area contributed by atoms with Gasteiger partial charge in [-0.25, -0.2) is 13.9 Å². The van der Waals surface area contributed by atoms with Crippen molar-refractivity contribution in [1.82, 2.24) is 24.4 Å². The van der Waals surface area contributed by atoms with E-state index >= 15 is 0 Å². The Labute approximate surface area is 174 Å². The number of nitrogens with zero attached hydrogens (tertiary/aromatic N) is 5. The molecule has 0 aliphatic carbocycles. The molecule has 5 rings (SSSR count). The summed E-state index contributed by atoms with van der Waals surface area (Å²) in [6.45, 7) is 0.269. The minimum atomic E-state index is -0.364. The predicted octanol–water partition coefficient (Wildman–Crippen LogP) is 4.09. The van der Waals surface area contributed by atoms with E-state index in [1.165, 1.54) is 12.3 Å². The number of carbonyl (C=O) groups is 1. The Bertz CT molecular complexity index is 1340. The average Bonchev–Trinajstić information content (AvgIpc) is 3.50. The van der Waals surface area contributed by atoms with E-state index in [1.807, 2.05) is 23.6 Å². The molecule has 148 valence electrons. The highest BCUT2D eigenvalue weighted by Gasteiger charge is 2.17. The first-order valence-corrected chi connectivity index (χ1v) is 10.0. The summed E-state index contributed by atoms with van der Waals surface area (Å²) >= 11 is 1.59. The lowest BCUT2D eigenvalue weighted by atomic mass is 10.2. The largest absolute Gasteiger partial charge is 0.305 e. The molecular weight excluding hydrogens is 403 g/mol. The molecule has 0 fully saturated rings. The van der Waals surface area contributed by atoms with Gasteiger partial charge in [-0.1, -0.05) is 24.3 Å². The van der Waals surface area contributed by atoms with Gasteiger partial charge in [0.1, 0.15) is 11.4 Å². The Kier molecular flexibility index (Phi) is 4.56. The maximum Gasteiger partial charge on any atom is 0.262 e. The van der Waals surface area contributed by atoms with Crippen LogP contribution in [0.1, 0.15) is 15.9 Å². The summed E-state index contributed by atoms with van der Waals surface area (Å²) in [6, 6.07) is 14.0. The standard InChI is InChI=1S/C21H15FN6OS/c22-16-5-2-1-4-14(16)13-27-10-8-19(26-27)25-21(29)15-12-24-28-17(7-9-23-20(15)28)18-6-3-11-30-18/h1-12H,13H2,(H,25,26,29). The smallest absolute Gasteiger partial charge is 0.262 e. The van der Waals surface area contributed by atoms with E-state index in [0.717, 1.165) is 10.6 Å². The van der Waals surface area contributed by atoms with E-state index in [4.69, 9.17) is 0 Å². The van der Waals surface area contributed by atoms with E-state index in [9.17, 15) is 9.18 Å². The zero-order valence-electron chi connectivity index (χ0n) is 15.6. The Morgan fingerprint density at radius 3 is 2.87 bits per heavy atom. The Morgan fingerprint density at radius 1 is 1.13 bits per heavy atom. The summed E-state index contributed by atoms with van der Waals surface area (Å²) < 4.78 is 17.1. The van der Waals surface area contributed by atoms with Crippen molar-refractivity contribution in [2.75, 3.05) is 5.32 Å². The molecule has 0 aliphatic heterocycles. The van der Waals surface area contributed by atoms with Crippen molar-refractivity contribution in [3.8, 4) is 10.6 Å². The number of thiophene rings is 1. The Morgan fingerprint density at radius 2 is 2.03 bits per heavy atom. The van der Waals surface area contributed by atoms with Crippen molar-refractivity contribution >= 4 is 28.7 Å². The van der Waals surface area contributed by atoms with Gasteiger partial charge in [-0.2, -0.15) is 10.2 Å². The number of rotatable bonds is 5. The van der Waals surface area contributed by atoms with Crippen LogP contribution in [0.2, 0.25) is 0 Å². The second-order valence-corrected chi connectivity index (χ2v) is 7.49. The van der Waals surface area contributed by atoms with Gasteiger partial charge < -0.3 is 5.32 Å². The maximum absolute atomic E-state index is 13.8. The number of hydrogen-bond acceptors (Lipinski definition) is 5. The van der Waals surface area contributed by atoms with Crippen LogP contribution >= 0.6 is 11.3 Å². The molecule has 4 heterocycles. The number of anilines is 1. The topological polar surface area (TPSA) is 77.1 Å². The van der Waals surface area contributed by atoms with Gasteiger partial charge in [0.15, 0.2) is 11.5 Å². The highest BCUT2D eigenvalue weighted by Crippen LogP contribution is 2.25. The first-order valence-electron chi connectivity index (χ1n) is 9.14. The first kappa shape index (κ1) is 18.2. The van der Waals surface area contributed by atoms with Crippen molar-refractivity contribution in [2.24, 2.45) is 0 Å². The minimum Gasteiger partial charge on any atom is -0.305 e. The Hall–Kier alpha value is -3.85. The van der Waals surface area contributed by atoms with E-state index in [2.05, 4.69) is 20.5 Å². The number of aromatic nitrogens is 5. The van der Waals surface area contributed by atoms with Gasteiger partial charge in [-0.05, 0) is 23.6 Å². The van der Waals surface area contributed by atoms with E-state index < -0.39 is 0 Å². The molecule has 0 saturated heterocycles. The Balaban J connectivity index is 1.38. The van der Waals surface area contributed by atoms with Crippen molar-refractivity contribution in [3.05, 3.63) is 89.4 Å².